The van der Waals surface area contributed by atoms with Crippen LogP contribution >= 0.6 is 0 Å². The Hall–Kier alpha value is -3.68. The number of carbonyl (C=O) groups excluding carboxylic acids is 1. The summed E-state index contributed by atoms with van der Waals surface area (Å²) in [5.74, 6) is 0.452. The molecular weight excluding hydrogens is 348 g/mol. The number of nitro groups is 1. The molecule has 3 aromatic rings. The third kappa shape index (κ3) is 3.95. The molecule has 138 valence electrons. The number of ether oxygens (including phenoxy) is 1. The molecular formula is C19H18N4O4. The summed E-state index contributed by atoms with van der Waals surface area (Å²) in [4.78, 5) is 23.0. The van der Waals surface area contributed by atoms with E-state index in [1.54, 1.807) is 19.2 Å². The number of nitrogens with zero attached hydrogens (tertiary/aromatic N) is 2. The quantitative estimate of drug-likeness (QED) is 0.512. The molecule has 0 unspecified atom stereocenters. The van der Waals surface area contributed by atoms with E-state index in [4.69, 9.17) is 4.74 Å². The first-order valence-corrected chi connectivity index (χ1v) is 8.22. The number of nitro benzene ring substituents is 1. The molecule has 1 heterocycles. The molecule has 0 aliphatic carbocycles. The van der Waals surface area contributed by atoms with Gasteiger partial charge >= 0.3 is 0 Å². The minimum Gasteiger partial charge on any atom is -0.497 e. The van der Waals surface area contributed by atoms with Crippen molar-refractivity contribution in [3.05, 3.63) is 76.0 Å². The van der Waals surface area contributed by atoms with Crippen LogP contribution in [0.2, 0.25) is 0 Å². The number of methoxy groups -OCH3 is 1. The highest BCUT2D eigenvalue weighted by atomic mass is 16.6. The number of H-pyrrole nitrogens is 1. The average molecular weight is 366 g/mol. The summed E-state index contributed by atoms with van der Waals surface area (Å²) in [6.45, 7) is 1.88. The van der Waals surface area contributed by atoms with Gasteiger partial charge in [0.15, 0.2) is 0 Å². The van der Waals surface area contributed by atoms with Crippen molar-refractivity contribution in [3.63, 3.8) is 0 Å². The maximum Gasteiger partial charge on any atom is 0.269 e. The lowest BCUT2D eigenvalue weighted by atomic mass is 10.1. The Balaban J connectivity index is 1.77. The van der Waals surface area contributed by atoms with E-state index >= 15 is 0 Å². The molecule has 0 fully saturated rings. The molecule has 1 amide bonds. The molecule has 1 atom stereocenters. The van der Waals surface area contributed by atoms with Gasteiger partial charge in [0.2, 0.25) is 0 Å². The third-order valence-corrected chi connectivity index (χ3v) is 4.21. The zero-order valence-corrected chi connectivity index (χ0v) is 14.8. The van der Waals surface area contributed by atoms with Gasteiger partial charge < -0.3 is 10.1 Å². The molecule has 0 saturated carbocycles. The number of amides is 1. The van der Waals surface area contributed by atoms with Gasteiger partial charge in [-0.2, -0.15) is 5.10 Å². The third-order valence-electron chi connectivity index (χ3n) is 4.21. The number of hydrogen-bond acceptors (Lipinski definition) is 5. The lowest BCUT2D eigenvalue weighted by molar-refractivity contribution is -0.384. The van der Waals surface area contributed by atoms with Crippen LogP contribution in [0.25, 0.3) is 11.3 Å². The first-order chi connectivity index (χ1) is 13.0. The first kappa shape index (κ1) is 18.1. The van der Waals surface area contributed by atoms with Gasteiger partial charge in [-0.1, -0.05) is 12.1 Å². The number of aromatic amines is 1. The lowest BCUT2D eigenvalue weighted by Gasteiger charge is -2.15. The van der Waals surface area contributed by atoms with Crippen LogP contribution in [0.4, 0.5) is 5.69 Å². The Labute approximate surface area is 155 Å². The van der Waals surface area contributed by atoms with E-state index in [1.165, 1.54) is 18.3 Å². The second-order valence-corrected chi connectivity index (χ2v) is 5.93. The Morgan fingerprint density at radius 2 is 1.85 bits per heavy atom. The van der Waals surface area contributed by atoms with Gasteiger partial charge in [0.1, 0.15) is 5.75 Å². The van der Waals surface area contributed by atoms with Crippen LogP contribution in [0.15, 0.2) is 54.7 Å². The molecule has 0 bridgehead atoms. The average Bonchev–Trinajstić information content (AvgIpc) is 3.18. The molecule has 0 spiro atoms. The molecule has 0 saturated heterocycles. The summed E-state index contributed by atoms with van der Waals surface area (Å²) in [6, 6.07) is 13.1. The van der Waals surface area contributed by atoms with Crippen LogP contribution < -0.4 is 10.1 Å². The minimum atomic E-state index is -0.471. The monoisotopic (exact) mass is 366 g/mol. The smallest absolute Gasteiger partial charge is 0.269 e. The van der Waals surface area contributed by atoms with Crippen molar-refractivity contribution in [2.75, 3.05) is 7.11 Å². The Morgan fingerprint density at radius 3 is 2.44 bits per heavy atom. The van der Waals surface area contributed by atoms with Crippen molar-refractivity contribution in [1.29, 1.82) is 0 Å². The van der Waals surface area contributed by atoms with Crippen molar-refractivity contribution >= 4 is 11.6 Å². The van der Waals surface area contributed by atoms with Crippen LogP contribution in [0.5, 0.6) is 5.75 Å². The molecule has 27 heavy (non-hydrogen) atoms. The van der Waals surface area contributed by atoms with Crippen molar-refractivity contribution < 1.29 is 14.5 Å². The molecule has 3 rings (SSSR count). The molecule has 0 aliphatic heterocycles. The molecule has 2 aromatic carbocycles. The molecule has 0 aliphatic rings. The van der Waals surface area contributed by atoms with Gasteiger partial charge in [-0.3, -0.25) is 20.0 Å². The predicted octanol–water partition coefficient (Wildman–Crippen LogP) is 3.48. The molecule has 1 aromatic heterocycles. The van der Waals surface area contributed by atoms with Gasteiger partial charge in [-0.25, -0.2) is 0 Å². The zero-order chi connectivity index (χ0) is 19.4. The molecule has 8 heteroatoms. The molecule has 8 nitrogen and oxygen atoms in total. The Bertz CT molecular complexity index is 949. The van der Waals surface area contributed by atoms with Crippen LogP contribution in [-0.2, 0) is 0 Å². The number of rotatable bonds is 6. The van der Waals surface area contributed by atoms with E-state index in [1.807, 2.05) is 31.2 Å². The number of aromatic nitrogens is 2. The predicted molar refractivity (Wildman–Crippen MR) is 99.6 cm³/mol. The standard InChI is InChI=1S/C19H18N4O4/c1-12(13-5-9-16(27-2)10-6-13)21-19(24)17-11-20-22-18(17)14-3-7-15(8-4-14)23(25)26/h3-12H,1-2H3,(H,20,22)(H,21,24)/t12-/m0/s1. The second kappa shape index (κ2) is 7.69. The summed E-state index contributed by atoms with van der Waals surface area (Å²) in [7, 11) is 1.60. The van der Waals surface area contributed by atoms with E-state index in [0.717, 1.165) is 11.3 Å². The van der Waals surface area contributed by atoms with E-state index in [-0.39, 0.29) is 17.6 Å². The highest BCUT2D eigenvalue weighted by Gasteiger charge is 2.18. The van der Waals surface area contributed by atoms with E-state index < -0.39 is 4.92 Å². The fourth-order valence-electron chi connectivity index (χ4n) is 2.68. The summed E-state index contributed by atoms with van der Waals surface area (Å²) >= 11 is 0. The first-order valence-electron chi connectivity index (χ1n) is 8.22. The maximum absolute atomic E-state index is 12.7. The normalized spacial score (nSPS) is 11.6. The SMILES string of the molecule is COc1ccc([C@H](C)NC(=O)c2cn[nH]c2-c2ccc([N+](=O)[O-])cc2)cc1. The van der Waals surface area contributed by atoms with Crippen LogP contribution in [0, 0.1) is 10.1 Å². The number of carbonyl (C=O) groups is 1. The number of hydrogen-bond donors (Lipinski definition) is 2. The fourth-order valence-corrected chi connectivity index (χ4v) is 2.68. The number of non-ortho nitro benzene ring substituents is 1. The molecule has 2 N–H and O–H groups in total. The second-order valence-electron chi connectivity index (χ2n) is 5.93. The minimum absolute atomic E-state index is 0.0163. The lowest BCUT2D eigenvalue weighted by Crippen LogP contribution is -2.26. The maximum atomic E-state index is 12.7. The van der Waals surface area contributed by atoms with E-state index in [0.29, 0.717) is 16.8 Å². The van der Waals surface area contributed by atoms with Crippen molar-refractivity contribution in [2.24, 2.45) is 0 Å². The fraction of sp³-hybridized carbons (Fsp3) is 0.158. The van der Waals surface area contributed by atoms with Crippen LogP contribution in [0.3, 0.4) is 0 Å². The van der Waals surface area contributed by atoms with E-state index in [2.05, 4.69) is 15.5 Å². The Morgan fingerprint density at radius 1 is 1.19 bits per heavy atom. The van der Waals surface area contributed by atoms with Crippen molar-refractivity contribution in [3.8, 4) is 17.0 Å². The van der Waals surface area contributed by atoms with Gasteiger partial charge in [0, 0.05) is 17.7 Å². The van der Waals surface area contributed by atoms with Gasteiger partial charge in [0.05, 0.1) is 35.5 Å². The summed E-state index contributed by atoms with van der Waals surface area (Å²) in [6.07, 6.45) is 1.44. The van der Waals surface area contributed by atoms with E-state index in [9.17, 15) is 14.9 Å². The largest absolute Gasteiger partial charge is 0.497 e. The van der Waals surface area contributed by atoms with Crippen LogP contribution in [0.1, 0.15) is 28.9 Å². The van der Waals surface area contributed by atoms with Gasteiger partial charge in [0.25, 0.3) is 11.6 Å². The summed E-state index contributed by atoms with van der Waals surface area (Å²) in [5, 5.41) is 20.4. The topological polar surface area (TPSA) is 110 Å². The van der Waals surface area contributed by atoms with Gasteiger partial charge in [-0.15, -0.1) is 0 Å². The zero-order valence-electron chi connectivity index (χ0n) is 14.8. The number of benzene rings is 2. The highest BCUT2D eigenvalue weighted by Crippen LogP contribution is 2.24. The van der Waals surface area contributed by atoms with Crippen molar-refractivity contribution in [2.45, 2.75) is 13.0 Å². The molecule has 0 radical (unpaired) electrons. The summed E-state index contributed by atoms with van der Waals surface area (Å²) < 4.78 is 5.13. The highest BCUT2D eigenvalue weighted by molar-refractivity contribution is 6.00. The van der Waals surface area contributed by atoms with Crippen molar-refractivity contribution in [1.82, 2.24) is 15.5 Å². The summed E-state index contributed by atoms with van der Waals surface area (Å²) in [5.41, 5.74) is 2.43. The number of nitrogens with one attached hydrogen (secondary N) is 2. The Kier molecular flexibility index (Phi) is 5.16. The van der Waals surface area contributed by atoms with Crippen LogP contribution in [-0.4, -0.2) is 28.1 Å². The van der Waals surface area contributed by atoms with Gasteiger partial charge in [-0.05, 0) is 36.8 Å².